The second kappa shape index (κ2) is 5.79. The van der Waals surface area contributed by atoms with Gasteiger partial charge < -0.3 is 25.1 Å². The fourth-order valence-electron chi connectivity index (χ4n) is 2.06. The van der Waals surface area contributed by atoms with Crippen LogP contribution in [0.25, 0.3) is 0 Å². The fraction of sp³-hybridized carbons (Fsp3) is 0.462. The Kier molecular flexibility index (Phi) is 4.11. The Balaban J connectivity index is 2.45. The van der Waals surface area contributed by atoms with Crippen LogP contribution < -0.4 is 19.9 Å². The first-order valence-corrected chi connectivity index (χ1v) is 6.07. The summed E-state index contributed by atoms with van der Waals surface area (Å²) in [5, 5.41) is 8.88. The van der Waals surface area contributed by atoms with E-state index in [-0.39, 0.29) is 6.42 Å². The quantitative estimate of drug-likeness (QED) is 0.855. The summed E-state index contributed by atoms with van der Waals surface area (Å²) in [6, 6.07) is 2.75. The number of hydrogen-bond acceptors (Lipinski definition) is 5. The normalized spacial score (nSPS) is 15.5. The molecule has 1 aromatic rings. The topological polar surface area (TPSA) is 91.0 Å². The van der Waals surface area contributed by atoms with E-state index in [0.29, 0.717) is 36.0 Å². The van der Waals surface area contributed by atoms with Crippen LogP contribution >= 0.6 is 0 Å². The van der Waals surface area contributed by atoms with Gasteiger partial charge in [-0.1, -0.05) is 0 Å². The molecule has 19 heavy (non-hydrogen) atoms. The maximum absolute atomic E-state index is 10.8. The molecule has 3 N–H and O–H groups in total. The van der Waals surface area contributed by atoms with Crippen molar-refractivity contribution < 1.29 is 24.1 Å². The van der Waals surface area contributed by atoms with Crippen molar-refractivity contribution in [1.82, 2.24) is 0 Å². The van der Waals surface area contributed by atoms with Crippen LogP contribution in [0, 0.1) is 0 Å². The van der Waals surface area contributed by atoms with Crippen molar-refractivity contribution >= 4 is 5.97 Å². The number of carbonyl (C=O) groups is 1. The summed E-state index contributed by atoms with van der Waals surface area (Å²) in [5.41, 5.74) is 6.50. The van der Waals surface area contributed by atoms with Crippen molar-refractivity contribution in [1.29, 1.82) is 0 Å². The third kappa shape index (κ3) is 2.90. The maximum atomic E-state index is 10.8. The molecule has 1 aliphatic heterocycles. The summed E-state index contributed by atoms with van der Waals surface area (Å²) in [7, 11) is 1.51. The van der Waals surface area contributed by atoms with Crippen molar-refractivity contribution in [2.75, 3.05) is 20.3 Å². The van der Waals surface area contributed by atoms with E-state index < -0.39 is 12.0 Å². The minimum atomic E-state index is -0.971. The van der Waals surface area contributed by atoms with Crippen molar-refractivity contribution in [3.63, 3.8) is 0 Å². The smallest absolute Gasteiger partial charge is 0.305 e. The zero-order chi connectivity index (χ0) is 13.8. The molecule has 1 unspecified atom stereocenters. The lowest BCUT2D eigenvalue weighted by molar-refractivity contribution is -0.137. The minimum absolute atomic E-state index is 0.198. The average Bonchev–Trinajstić information content (AvgIpc) is 2.61. The van der Waals surface area contributed by atoms with Crippen LogP contribution in [0.4, 0.5) is 0 Å². The number of carboxylic acids is 1. The van der Waals surface area contributed by atoms with Gasteiger partial charge >= 0.3 is 5.97 Å². The summed E-state index contributed by atoms with van der Waals surface area (Å²) in [6.45, 7) is 1.07. The molecule has 0 saturated heterocycles. The van der Waals surface area contributed by atoms with Crippen LogP contribution in [0.1, 0.15) is 24.4 Å². The molecule has 0 fully saturated rings. The lowest BCUT2D eigenvalue weighted by atomic mass is 10.0. The van der Waals surface area contributed by atoms with Gasteiger partial charge in [0.1, 0.15) is 5.75 Å². The van der Waals surface area contributed by atoms with Gasteiger partial charge in [-0.15, -0.1) is 0 Å². The predicted octanol–water partition coefficient (Wildman–Crippen LogP) is 1.33. The fourth-order valence-corrected chi connectivity index (χ4v) is 2.06. The lowest BCUT2D eigenvalue weighted by Crippen LogP contribution is -2.17. The van der Waals surface area contributed by atoms with Crippen LogP contribution in [0.15, 0.2) is 12.1 Å². The molecule has 0 radical (unpaired) electrons. The van der Waals surface area contributed by atoms with Crippen LogP contribution in [-0.4, -0.2) is 31.4 Å². The van der Waals surface area contributed by atoms with Crippen LogP contribution in [0.2, 0.25) is 0 Å². The summed E-state index contributed by atoms with van der Waals surface area (Å²) in [6.07, 6.45) is 0.570. The number of fused-ring (bicyclic) bond motifs is 1. The van der Waals surface area contributed by atoms with E-state index in [9.17, 15) is 4.79 Å². The first kappa shape index (κ1) is 13.5. The largest absolute Gasteiger partial charge is 0.496 e. The number of nitrogens with two attached hydrogens (primary N) is 1. The Morgan fingerprint density at radius 2 is 2.21 bits per heavy atom. The molecule has 104 valence electrons. The number of hydrogen-bond donors (Lipinski definition) is 2. The van der Waals surface area contributed by atoms with Gasteiger partial charge in [-0.25, -0.2) is 0 Å². The van der Waals surface area contributed by atoms with Gasteiger partial charge in [0.15, 0.2) is 11.5 Å². The second-order valence-electron chi connectivity index (χ2n) is 4.26. The number of ether oxygens (including phenoxy) is 3. The summed E-state index contributed by atoms with van der Waals surface area (Å²) in [4.78, 5) is 10.8. The Morgan fingerprint density at radius 1 is 1.47 bits per heavy atom. The molecule has 0 aromatic heterocycles. The van der Waals surface area contributed by atoms with Crippen LogP contribution in [0.3, 0.4) is 0 Å². The molecule has 1 atom stereocenters. The molecular weight excluding hydrogens is 250 g/mol. The zero-order valence-electron chi connectivity index (χ0n) is 10.7. The zero-order valence-corrected chi connectivity index (χ0v) is 10.7. The molecule has 0 spiro atoms. The Morgan fingerprint density at radius 3 is 2.89 bits per heavy atom. The van der Waals surface area contributed by atoms with Gasteiger partial charge in [-0.3, -0.25) is 4.79 Å². The second-order valence-corrected chi connectivity index (χ2v) is 4.26. The molecule has 0 aliphatic carbocycles. The number of methoxy groups -OCH3 is 1. The van der Waals surface area contributed by atoms with E-state index in [4.69, 9.17) is 25.1 Å². The molecule has 0 bridgehead atoms. The van der Waals surface area contributed by atoms with E-state index in [2.05, 4.69) is 0 Å². The lowest BCUT2D eigenvalue weighted by Gasteiger charge is -2.19. The predicted molar refractivity (Wildman–Crippen MR) is 67.8 cm³/mol. The molecule has 0 saturated carbocycles. The Hall–Kier alpha value is -1.95. The molecule has 2 rings (SSSR count). The van der Waals surface area contributed by atoms with Crippen molar-refractivity contribution in [2.45, 2.75) is 18.9 Å². The number of carboxylic acid groups (broad SMARTS) is 1. The van der Waals surface area contributed by atoms with Crippen LogP contribution in [0.5, 0.6) is 17.2 Å². The van der Waals surface area contributed by atoms with Gasteiger partial charge in [0.2, 0.25) is 0 Å². The molecule has 1 aliphatic rings. The maximum Gasteiger partial charge on any atom is 0.305 e. The third-order valence-corrected chi connectivity index (χ3v) is 2.90. The monoisotopic (exact) mass is 267 g/mol. The van der Waals surface area contributed by atoms with Gasteiger partial charge in [0, 0.05) is 12.5 Å². The summed E-state index contributed by atoms with van der Waals surface area (Å²) in [5.74, 6) is 0.611. The Bertz CT molecular complexity index is 474. The highest BCUT2D eigenvalue weighted by molar-refractivity contribution is 5.69. The van der Waals surface area contributed by atoms with Crippen molar-refractivity contribution in [2.24, 2.45) is 5.73 Å². The molecule has 6 heteroatoms. The van der Waals surface area contributed by atoms with Crippen LogP contribution in [-0.2, 0) is 4.79 Å². The highest BCUT2D eigenvalue weighted by Gasteiger charge is 2.25. The summed E-state index contributed by atoms with van der Waals surface area (Å²) >= 11 is 0. The van der Waals surface area contributed by atoms with E-state index in [1.165, 1.54) is 7.11 Å². The highest BCUT2D eigenvalue weighted by Crippen LogP contribution is 2.42. The van der Waals surface area contributed by atoms with Gasteiger partial charge in [0.05, 0.1) is 32.3 Å². The molecule has 1 heterocycles. The molecule has 6 nitrogen and oxygen atoms in total. The molecule has 0 amide bonds. The molecule has 1 aromatic carbocycles. The highest BCUT2D eigenvalue weighted by atomic mass is 16.5. The summed E-state index contributed by atoms with van der Waals surface area (Å²) < 4.78 is 16.5. The minimum Gasteiger partial charge on any atom is -0.496 e. The van der Waals surface area contributed by atoms with Gasteiger partial charge in [-0.05, 0) is 12.1 Å². The third-order valence-electron chi connectivity index (χ3n) is 2.90. The Labute approximate surface area is 111 Å². The van der Waals surface area contributed by atoms with E-state index >= 15 is 0 Å². The number of rotatable bonds is 4. The van der Waals surface area contributed by atoms with E-state index in [1.807, 2.05) is 0 Å². The SMILES string of the molecule is COc1ccc2c(c1C(N)CC(=O)O)OCCCO2. The van der Waals surface area contributed by atoms with E-state index in [0.717, 1.165) is 6.42 Å². The molecular formula is C13H17NO5. The van der Waals surface area contributed by atoms with E-state index in [1.54, 1.807) is 12.1 Å². The van der Waals surface area contributed by atoms with Gasteiger partial charge in [-0.2, -0.15) is 0 Å². The van der Waals surface area contributed by atoms with Crippen molar-refractivity contribution in [3.8, 4) is 17.2 Å². The first-order valence-electron chi connectivity index (χ1n) is 6.07. The van der Waals surface area contributed by atoms with Gasteiger partial charge in [0.25, 0.3) is 0 Å². The average molecular weight is 267 g/mol. The number of aliphatic carboxylic acids is 1. The first-order chi connectivity index (χ1) is 9.13. The number of benzene rings is 1. The standard InChI is InChI=1S/C13H17NO5/c1-17-9-3-4-10-13(19-6-2-5-18-10)12(9)8(14)7-11(15)16/h3-4,8H,2,5-7,14H2,1H3,(H,15,16). The van der Waals surface area contributed by atoms with Crippen molar-refractivity contribution in [3.05, 3.63) is 17.7 Å².